The van der Waals surface area contributed by atoms with Gasteiger partial charge >= 0.3 is 0 Å². The number of nitrogens with one attached hydrogen (secondary N) is 1. The lowest BCUT2D eigenvalue weighted by Gasteiger charge is -2.14. The number of nitrogens with zero attached hydrogens (tertiary/aromatic N) is 2. The molecule has 0 spiro atoms. The SMILES string of the molecule is COc1cc(C=NN2C(=O)C3C4C=CC(C4)C3C2=O)cc(Cl)c1OCC(=O)Nc1ccc(C)cc1. The van der Waals surface area contributed by atoms with Crippen LogP contribution >= 0.6 is 11.6 Å². The Morgan fingerprint density at radius 2 is 1.80 bits per heavy atom. The number of ether oxygens (including phenoxy) is 2. The van der Waals surface area contributed by atoms with Gasteiger partial charge in [-0.15, -0.1) is 0 Å². The van der Waals surface area contributed by atoms with Gasteiger partial charge in [0.05, 0.1) is 30.2 Å². The summed E-state index contributed by atoms with van der Waals surface area (Å²) in [6, 6.07) is 10.6. The Kier molecular flexibility index (Phi) is 6.06. The predicted octanol–water partition coefficient (Wildman–Crippen LogP) is 3.82. The van der Waals surface area contributed by atoms with Crippen LogP contribution in [-0.4, -0.2) is 42.7 Å². The third kappa shape index (κ3) is 4.30. The topological polar surface area (TPSA) is 97.3 Å². The van der Waals surface area contributed by atoms with E-state index < -0.39 is 0 Å². The molecule has 8 nitrogen and oxygen atoms in total. The summed E-state index contributed by atoms with van der Waals surface area (Å²) in [5.41, 5.74) is 2.26. The maximum atomic E-state index is 12.8. The Morgan fingerprint density at radius 3 is 2.43 bits per heavy atom. The van der Waals surface area contributed by atoms with Crippen molar-refractivity contribution in [1.82, 2.24) is 5.01 Å². The van der Waals surface area contributed by atoms with Gasteiger partial charge in [-0.3, -0.25) is 14.4 Å². The van der Waals surface area contributed by atoms with Crippen LogP contribution < -0.4 is 14.8 Å². The van der Waals surface area contributed by atoms with Crippen molar-refractivity contribution in [2.45, 2.75) is 13.3 Å². The molecule has 9 heteroatoms. The summed E-state index contributed by atoms with van der Waals surface area (Å²) in [6.45, 7) is 1.69. The van der Waals surface area contributed by atoms with Crippen molar-refractivity contribution in [1.29, 1.82) is 0 Å². The van der Waals surface area contributed by atoms with E-state index in [4.69, 9.17) is 21.1 Å². The number of imide groups is 1. The Hall–Kier alpha value is -3.65. The van der Waals surface area contributed by atoms with E-state index in [1.807, 2.05) is 31.2 Å². The number of aryl methyl sites for hydroxylation is 1. The van der Waals surface area contributed by atoms with Crippen molar-refractivity contribution in [3.63, 3.8) is 0 Å². The number of amides is 3. The van der Waals surface area contributed by atoms with Crippen molar-refractivity contribution in [3.8, 4) is 11.5 Å². The first-order valence-electron chi connectivity index (χ1n) is 11.3. The minimum absolute atomic E-state index is 0.121. The molecule has 2 bridgehead atoms. The largest absolute Gasteiger partial charge is 0.493 e. The van der Waals surface area contributed by atoms with Gasteiger partial charge in [0.25, 0.3) is 17.7 Å². The lowest BCUT2D eigenvalue weighted by molar-refractivity contribution is -0.140. The van der Waals surface area contributed by atoms with Crippen LogP contribution in [0.25, 0.3) is 0 Å². The zero-order valence-corrected chi connectivity index (χ0v) is 20.0. The summed E-state index contributed by atoms with van der Waals surface area (Å²) < 4.78 is 11.0. The number of halogens is 1. The molecule has 3 aliphatic rings. The lowest BCUT2D eigenvalue weighted by Crippen LogP contribution is -2.28. The van der Waals surface area contributed by atoms with Crippen LogP contribution in [0.5, 0.6) is 11.5 Å². The molecule has 2 aliphatic carbocycles. The molecule has 0 radical (unpaired) electrons. The van der Waals surface area contributed by atoms with Gasteiger partial charge in [0.1, 0.15) is 0 Å². The average molecular weight is 494 g/mol. The summed E-state index contributed by atoms with van der Waals surface area (Å²) in [6.07, 6.45) is 6.33. The van der Waals surface area contributed by atoms with E-state index in [1.54, 1.807) is 24.3 Å². The van der Waals surface area contributed by atoms with Gasteiger partial charge in [0.15, 0.2) is 18.1 Å². The summed E-state index contributed by atoms with van der Waals surface area (Å²) in [7, 11) is 1.45. The third-order valence-electron chi connectivity index (χ3n) is 6.70. The van der Waals surface area contributed by atoms with E-state index in [1.165, 1.54) is 13.3 Å². The maximum Gasteiger partial charge on any atom is 0.262 e. The molecule has 180 valence electrons. The number of methoxy groups -OCH3 is 1. The summed E-state index contributed by atoms with van der Waals surface area (Å²) in [4.78, 5) is 37.9. The Bertz CT molecular complexity index is 1230. The number of allylic oxidation sites excluding steroid dienone is 2. The summed E-state index contributed by atoms with van der Waals surface area (Å²) >= 11 is 6.40. The molecule has 0 aromatic heterocycles. The standard InChI is InChI=1S/C26H24ClN3O5/c1-14-3-7-18(8-4-14)29-21(31)13-35-24-19(27)9-15(10-20(24)34-2)12-28-30-25(32)22-16-5-6-17(11-16)23(22)26(30)33/h3-10,12,16-17,22-23H,11,13H2,1-2H3,(H,29,31). The molecular weight excluding hydrogens is 470 g/mol. The third-order valence-corrected chi connectivity index (χ3v) is 6.98. The van der Waals surface area contributed by atoms with E-state index >= 15 is 0 Å². The zero-order chi connectivity index (χ0) is 24.7. The average Bonchev–Trinajstić information content (AvgIpc) is 3.52. The number of rotatable bonds is 7. The first-order valence-corrected chi connectivity index (χ1v) is 11.7. The number of anilines is 1. The van der Waals surface area contributed by atoms with Crippen LogP contribution in [-0.2, 0) is 14.4 Å². The molecular formula is C26H24ClN3O5. The van der Waals surface area contributed by atoms with Gasteiger partial charge < -0.3 is 14.8 Å². The predicted molar refractivity (Wildman–Crippen MR) is 130 cm³/mol. The van der Waals surface area contributed by atoms with Crippen LogP contribution in [0.4, 0.5) is 5.69 Å². The molecule has 1 heterocycles. The first-order chi connectivity index (χ1) is 16.9. The van der Waals surface area contributed by atoms with Crippen LogP contribution in [0.3, 0.4) is 0 Å². The molecule has 4 atom stereocenters. The summed E-state index contributed by atoms with van der Waals surface area (Å²) in [5.74, 6) is -0.749. The fraction of sp³-hybridized carbons (Fsp3) is 0.308. The molecule has 2 aromatic carbocycles. The Balaban J connectivity index is 1.26. The van der Waals surface area contributed by atoms with Gasteiger partial charge in [-0.05, 0) is 55.0 Å². The van der Waals surface area contributed by atoms with E-state index in [0.29, 0.717) is 17.0 Å². The van der Waals surface area contributed by atoms with E-state index in [9.17, 15) is 14.4 Å². The number of benzene rings is 2. The summed E-state index contributed by atoms with van der Waals surface area (Å²) in [5, 5.41) is 8.10. The van der Waals surface area contributed by atoms with Gasteiger partial charge in [0.2, 0.25) is 0 Å². The molecule has 1 saturated heterocycles. The molecule has 4 unspecified atom stereocenters. The minimum Gasteiger partial charge on any atom is -0.493 e. The quantitative estimate of drug-likeness (QED) is 0.359. The minimum atomic E-state index is -0.349. The van der Waals surface area contributed by atoms with Crippen LogP contribution in [0.15, 0.2) is 53.7 Å². The van der Waals surface area contributed by atoms with E-state index in [0.717, 1.165) is 17.0 Å². The second-order valence-electron chi connectivity index (χ2n) is 8.97. The number of hydrogen-bond acceptors (Lipinski definition) is 6. The number of fused-ring (bicyclic) bond motifs is 5. The fourth-order valence-corrected chi connectivity index (χ4v) is 5.32. The second kappa shape index (κ2) is 9.19. The van der Waals surface area contributed by atoms with Crippen molar-refractivity contribution < 1.29 is 23.9 Å². The van der Waals surface area contributed by atoms with Gasteiger partial charge in [0, 0.05) is 5.69 Å². The molecule has 2 aromatic rings. The molecule has 1 N–H and O–H groups in total. The normalized spacial score (nSPS) is 24.4. The van der Waals surface area contributed by atoms with Crippen molar-refractivity contribution in [2.75, 3.05) is 19.0 Å². The van der Waals surface area contributed by atoms with Crippen LogP contribution in [0.1, 0.15) is 17.5 Å². The van der Waals surface area contributed by atoms with E-state index in [2.05, 4.69) is 10.4 Å². The molecule has 3 amide bonds. The van der Waals surface area contributed by atoms with Crippen molar-refractivity contribution in [3.05, 3.63) is 64.7 Å². The highest BCUT2D eigenvalue weighted by molar-refractivity contribution is 6.32. The highest BCUT2D eigenvalue weighted by Gasteiger charge is 2.59. The fourth-order valence-electron chi connectivity index (χ4n) is 5.05. The lowest BCUT2D eigenvalue weighted by atomic mass is 9.85. The monoisotopic (exact) mass is 493 g/mol. The number of hydrazone groups is 1. The van der Waals surface area contributed by atoms with Crippen molar-refractivity contribution in [2.24, 2.45) is 28.8 Å². The van der Waals surface area contributed by atoms with Gasteiger partial charge in [-0.1, -0.05) is 41.4 Å². The van der Waals surface area contributed by atoms with Gasteiger partial charge in [-0.25, -0.2) is 0 Å². The molecule has 5 rings (SSSR count). The van der Waals surface area contributed by atoms with Crippen LogP contribution in [0.2, 0.25) is 5.02 Å². The second-order valence-corrected chi connectivity index (χ2v) is 9.38. The number of hydrogen-bond donors (Lipinski definition) is 1. The Labute approximate surface area is 207 Å². The number of carbonyl (C=O) groups is 3. The van der Waals surface area contributed by atoms with E-state index in [-0.39, 0.29) is 58.8 Å². The smallest absolute Gasteiger partial charge is 0.262 e. The highest BCUT2D eigenvalue weighted by Crippen LogP contribution is 2.52. The molecule has 1 aliphatic heterocycles. The molecule has 2 fully saturated rings. The molecule has 35 heavy (non-hydrogen) atoms. The Morgan fingerprint density at radius 1 is 1.14 bits per heavy atom. The highest BCUT2D eigenvalue weighted by atomic mass is 35.5. The van der Waals surface area contributed by atoms with Crippen molar-refractivity contribution >= 4 is 41.2 Å². The first kappa shape index (κ1) is 23.1. The maximum absolute atomic E-state index is 12.8. The molecule has 1 saturated carbocycles. The number of carbonyl (C=O) groups excluding carboxylic acids is 3. The van der Waals surface area contributed by atoms with Gasteiger partial charge in [-0.2, -0.15) is 10.1 Å². The van der Waals surface area contributed by atoms with Crippen LogP contribution in [0, 0.1) is 30.6 Å². The zero-order valence-electron chi connectivity index (χ0n) is 19.2.